The summed E-state index contributed by atoms with van der Waals surface area (Å²) in [6.45, 7) is -1.51. The predicted molar refractivity (Wildman–Crippen MR) is 91.2 cm³/mol. The van der Waals surface area contributed by atoms with E-state index in [1.807, 2.05) is 0 Å². The third kappa shape index (κ3) is 3.97. The molecular weight excluding hydrogens is 362 g/mol. The van der Waals surface area contributed by atoms with Crippen LogP contribution in [0.2, 0.25) is 0 Å². The van der Waals surface area contributed by atoms with Crippen molar-refractivity contribution in [2.75, 3.05) is 0 Å². The quantitative estimate of drug-likeness (QED) is 0.287. The van der Waals surface area contributed by atoms with Gasteiger partial charge < -0.3 is 9.47 Å². The molecule has 0 spiro atoms. The van der Waals surface area contributed by atoms with Crippen LogP contribution in [0.25, 0.3) is 10.9 Å². The van der Waals surface area contributed by atoms with Crippen molar-refractivity contribution in [3.8, 4) is 11.5 Å². The van der Waals surface area contributed by atoms with Crippen LogP contribution >= 0.6 is 0 Å². The maximum Gasteiger partial charge on any atom is 0.387 e. The number of esters is 1. The minimum absolute atomic E-state index is 0.0949. The van der Waals surface area contributed by atoms with Gasteiger partial charge in [0.2, 0.25) is 0 Å². The van der Waals surface area contributed by atoms with Crippen LogP contribution in [-0.4, -0.2) is 22.5 Å². The number of rotatable bonds is 5. The van der Waals surface area contributed by atoms with Crippen molar-refractivity contribution in [2.24, 2.45) is 0 Å². The summed E-state index contributed by atoms with van der Waals surface area (Å²) in [6, 6.07) is 10.9. The molecule has 0 aliphatic carbocycles. The van der Waals surface area contributed by atoms with Gasteiger partial charge in [0.1, 0.15) is 11.5 Å². The molecule has 0 radical (unpaired) electrons. The van der Waals surface area contributed by atoms with Gasteiger partial charge in [-0.3, -0.25) is 10.1 Å². The van der Waals surface area contributed by atoms with Crippen LogP contribution in [0.3, 0.4) is 0 Å². The average molecular weight is 374 g/mol. The predicted octanol–water partition coefficient (Wildman–Crippen LogP) is 4.27. The van der Waals surface area contributed by atoms with Gasteiger partial charge in [-0.25, -0.2) is 9.78 Å². The first-order chi connectivity index (χ1) is 12.8. The number of non-ortho nitro benzene ring substituents is 1. The fourth-order valence-corrected chi connectivity index (χ4v) is 2.46. The first kappa shape index (κ1) is 18.2. The van der Waals surface area contributed by atoms with Gasteiger partial charge in [-0.05, 0) is 37.3 Å². The summed E-state index contributed by atoms with van der Waals surface area (Å²) in [5, 5.41) is 10.9. The number of nitrogens with zero attached hydrogens (tertiary/aromatic N) is 2. The summed E-state index contributed by atoms with van der Waals surface area (Å²) in [6.07, 6.45) is 0. The summed E-state index contributed by atoms with van der Waals surface area (Å²) in [7, 11) is 0. The van der Waals surface area contributed by atoms with Gasteiger partial charge in [-0.15, -0.1) is 0 Å². The number of ether oxygens (including phenoxy) is 2. The molecule has 0 amide bonds. The minimum Gasteiger partial charge on any atom is -0.433 e. The van der Waals surface area contributed by atoms with Crippen LogP contribution in [0.4, 0.5) is 14.5 Å². The molecule has 0 saturated carbocycles. The summed E-state index contributed by atoms with van der Waals surface area (Å²) in [5.74, 6) is -0.803. The van der Waals surface area contributed by atoms with Gasteiger partial charge in [0.05, 0.1) is 21.7 Å². The Bertz CT molecular complexity index is 1020. The fourth-order valence-electron chi connectivity index (χ4n) is 2.46. The third-order valence-electron chi connectivity index (χ3n) is 3.70. The smallest absolute Gasteiger partial charge is 0.387 e. The first-order valence-corrected chi connectivity index (χ1v) is 7.67. The van der Waals surface area contributed by atoms with Gasteiger partial charge >= 0.3 is 12.6 Å². The monoisotopic (exact) mass is 374 g/mol. The Morgan fingerprint density at radius 1 is 1.19 bits per heavy atom. The van der Waals surface area contributed by atoms with E-state index in [0.717, 1.165) is 0 Å². The molecule has 3 rings (SSSR count). The van der Waals surface area contributed by atoms with E-state index in [1.165, 1.54) is 43.3 Å². The molecule has 0 atom stereocenters. The van der Waals surface area contributed by atoms with E-state index in [2.05, 4.69) is 9.72 Å². The number of fused-ring (bicyclic) bond motifs is 1. The lowest BCUT2D eigenvalue weighted by molar-refractivity contribution is -0.384. The Morgan fingerprint density at radius 2 is 1.89 bits per heavy atom. The van der Waals surface area contributed by atoms with Gasteiger partial charge in [0.15, 0.2) is 0 Å². The molecule has 1 aromatic heterocycles. The fraction of sp³-hybridized carbons (Fsp3) is 0.111. The number of halogens is 2. The molecule has 138 valence electrons. The van der Waals surface area contributed by atoms with Crippen molar-refractivity contribution in [3.05, 3.63) is 69.9 Å². The van der Waals surface area contributed by atoms with Gasteiger partial charge in [-0.1, -0.05) is 6.07 Å². The number of hydrogen-bond donors (Lipinski definition) is 0. The lowest BCUT2D eigenvalue weighted by Crippen LogP contribution is -2.10. The topological polar surface area (TPSA) is 91.6 Å². The third-order valence-corrected chi connectivity index (χ3v) is 3.70. The molecule has 9 heteroatoms. The minimum atomic E-state index is -3.03. The second-order valence-corrected chi connectivity index (χ2v) is 5.46. The number of carbonyl (C=O) groups excluding carboxylic acids is 1. The standard InChI is InChI=1S/C18H12F2N2O5/c1-10-16(27-18(19)20)9-14-13(3-2-4-15(14)21-10)17(23)26-12-7-5-11(6-8-12)22(24)25/h2-9,18H,1H3. The molecule has 1 heterocycles. The number of aromatic nitrogens is 1. The van der Waals surface area contributed by atoms with Crippen molar-refractivity contribution in [3.63, 3.8) is 0 Å². The van der Waals surface area contributed by atoms with E-state index in [1.54, 1.807) is 12.1 Å². The molecular formula is C18H12F2N2O5. The molecule has 3 aromatic rings. The van der Waals surface area contributed by atoms with E-state index in [4.69, 9.17) is 4.74 Å². The van der Waals surface area contributed by atoms with Crippen molar-refractivity contribution < 1.29 is 28.0 Å². The van der Waals surface area contributed by atoms with Crippen molar-refractivity contribution in [1.29, 1.82) is 0 Å². The molecule has 0 fully saturated rings. The summed E-state index contributed by atoms with van der Waals surface area (Å²) in [5.41, 5.74) is 0.613. The maximum atomic E-state index is 12.5. The lowest BCUT2D eigenvalue weighted by atomic mass is 10.1. The van der Waals surface area contributed by atoms with Gasteiger partial charge in [0.25, 0.3) is 5.69 Å². The van der Waals surface area contributed by atoms with E-state index >= 15 is 0 Å². The SMILES string of the molecule is Cc1nc2cccc(C(=O)Oc3ccc([N+](=O)[O-])cc3)c2cc1OC(F)F. The van der Waals surface area contributed by atoms with Crippen LogP contribution in [0.15, 0.2) is 48.5 Å². The van der Waals surface area contributed by atoms with Crippen LogP contribution in [0.1, 0.15) is 16.1 Å². The zero-order chi connectivity index (χ0) is 19.6. The Hall–Kier alpha value is -3.62. The molecule has 7 nitrogen and oxygen atoms in total. The van der Waals surface area contributed by atoms with E-state index in [9.17, 15) is 23.7 Å². The number of carbonyl (C=O) groups is 1. The summed E-state index contributed by atoms with van der Waals surface area (Å²) >= 11 is 0. The molecule has 2 aromatic carbocycles. The average Bonchev–Trinajstić information content (AvgIpc) is 2.62. The number of nitro groups is 1. The largest absolute Gasteiger partial charge is 0.433 e. The molecule has 0 bridgehead atoms. The molecule has 0 unspecified atom stereocenters. The number of alkyl halides is 2. The maximum absolute atomic E-state index is 12.5. The zero-order valence-electron chi connectivity index (χ0n) is 13.9. The van der Waals surface area contributed by atoms with Crippen LogP contribution < -0.4 is 9.47 Å². The zero-order valence-corrected chi connectivity index (χ0v) is 13.9. The summed E-state index contributed by atoms with van der Waals surface area (Å²) in [4.78, 5) is 26.8. The number of hydrogen-bond acceptors (Lipinski definition) is 6. The Labute approximate surface area is 151 Å². The first-order valence-electron chi connectivity index (χ1n) is 7.67. The Balaban J connectivity index is 1.95. The van der Waals surface area contributed by atoms with E-state index in [0.29, 0.717) is 5.52 Å². The highest BCUT2D eigenvalue weighted by molar-refractivity contribution is 6.04. The molecule has 0 N–H and O–H groups in total. The van der Waals surface area contributed by atoms with Gasteiger partial charge in [0, 0.05) is 17.5 Å². The van der Waals surface area contributed by atoms with Crippen molar-refractivity contribution in [1.82, 2.24) is 4.98 Å². The second kappa shape index (κ2) is 7.32. The van der Waals surface area contributed by atoms with Crippen LogP contribution in [0, 0.1) is 17.0 Å². The Morgan fingerprint density at radius 3 is 2.52 bits per heavy atom. The number of benzene rings is 2. The Kier molecular flexibility index (Phi) is 4.93. The van der Waals surface area contributed by atoms with Crippen molar-refractivity contribution in [2.45, 2.75) is 13.5 Å². The highest BCUT2D eigenvalue weighted by Crippen LogP contribution is 2.27. The lowest BCUT2D eigenvalue weighted by Gasteiger charge is -2.11. The van der Waals surface area contributed by atoms with Crippen LogP contribution in [-0.2, 0) is 0 Å². The normalized spacial score (nSPS) is 10.8. The number of nitro benzene ring substituents is 1. The highest BCUT2D eigenvalue weighted by Gasteiger charge is 2.17. The summed E-state index contributed by atoms with van der Waals surface area (Å²) < 4.78 is 34.7. The molecule has 0 aliphatic heterocycles. The molecule has 0 saturated heterocycles. The molecule has 0 aliphatic rings. The van der Waals surface area contributed by atoms with Crippen LogP contribution in [0.5, 0.6) is 11.5 Å². The number of aryl methyl sites for hydroxylation is 1. The second-order valence-electron chi connectivity index (χ2n) is 5.46. The number of pyridine rings is 1. The van der Waals surface area contributed by atoms with Gasteiger partial charge in [-0.2, -0.15) is 8.78 Å². The van der Waals surface area contributed by atoms with E-state index < -0.39 is 17.5 Å². The molecule has 27 heavy (non-hydrogen) atoms. The highest BCUT2D eigenvalue weighted by atomic mass is 19.3. The van der Waals surface area contributed by atoms with E-state index in [-0.39, 0.29) is 33.8 Å². The van der Waals surface area contributed by atoms with Crippen molar-refractivity contribution >= 4 is 22.6 Å².